The number of hydrogen-bond acceptors (Lipinski definition) is 5. The topological polar surface area (TPSA) is 124 Å². The molecule has 0 radical (unpaired) electrons. The first-order valence-corrected chi connectivity index (χ1v) is 15.1. The number of benzene rings is 2. The summed E-state index contributed by atoms with van der Waals surface area (Å²) in [7, 11) is -3.25. The molecule has 3 aliphatic rings. The van der Waals surface area contributed by atoms with Crippen LogP contribution in [0.5, 0.6) is 0 Å². The number of azide groups is 1. The quantitative estimate of drug-likeness (QED) is 0.166. The normalized spacial score (nSPS) is 22.9. The summed E-state index contributed by atoms with van der Waals surface area (Å²) < 4.78 is 46.9. The van der Waals surface area contributed by atoms with Gasteiger partial charge in [0.05, 0.1) is 5.25 Å². The Balaban J connectivity index is 1.35. The summed E-state index contributed by atoms with van der Waals surface area (Å²) in [5.41, 5.74) is 10.8. The molecule has 4 atom stereocenters. The first-order chi connectivity index (χ1) is 18.8. The van der Waals surface area contributed by atoms with Crippen LogP contribution in [0.25, 0.3) is 10.4 Å². The molecule has 5 rings (SSSR count). The van der Waals surface area contributed by atoms with E-state index in [1.807, 2.05) is 12.1 Å². The first-order valence-electron chi connectivity index (χ1n) is 13.3. The molecule has 12 heteroatoms. The van der Waals surface area contributed by atoms with Crippen molar-refractivity contribution in [2.24, 2.45) is 11.0 Å². The van der Waals surface area contributed by atoms with Crippen LogP contribution in [0.3, 0.4) is 0 Å². The number of nitrogens with one attached hydrogen (secondary N) is 1. The second kappa shape index (κ2) is 11.8. The Morgan fingerprint density at radius 3 is 2.56 bits per heavy atom. The standard InChI is InChI=1S/C27H31ClFN5O4S/c28-19-6-4-17(5-7-19)25(18-12-14-38-15-13-18)26(32-33-30)27(35)31-24-3-1-2-23(29)22(24)11-8-20-16-34(20)39(36,37)21-9-10-21/h1-7,18,20-21,25-26H,8-16H2,(H,31,35)/t20-,25?,26?,34?/m0/s1. The van der Waals surface area contributed by atoms with E-state index in [1.54, 1.807) is 18.2 Å². The summed E-state index contributed by atoms with van der Waals surface area (Å²) in [4.78, 5) is 16.6. The van der Waals surface area contributed by atoms with Crippen LogP contribution < -0.4 is 5.32 Å². The van der Waals surface area contributed by atoms with Gasteiger partial charge >= 0.3 is 0 Å². The zero-order valence-corrected chi connectivity index (χ0v) is 23.0. The second-order valence-electron chi connectivity index (χ2n) is 10.4. The Labute approximate surface area is 232 Å². The zero-order valence-electron chi connectivity index (χ0n) is 21.4. The highest BCUT2D eigenvalue weighted by Gasteiger charge is 2.50. The molecular weight excluding hydrogens is 545 g/mol. The minimum absolute atomic E-state index is 0.0300. The Morgan fingerprint density at radius 1 is 1.18 bits per heavy atom. The lowest BCUT2D eigenvalue weighted by Crippen LogP contribution is -2.37. The average molecular weight is 576 g/mol. The summed E-state index contributed by atoms with van der Waals surface area (Å²) >= 11 is 6.10. The van der Waals surface area contributed by atoms with Crippen LogP contribution in [0.1, 0.15) is 49.1 Å². The maximum atomic E-state index is 15.0. The highest BCUT2D eigenvalue weighted by molar-refractivity contribution is 7.90. The number of anilines is 1. The third-order valence-electron chi connectivity index (χ3n) is 7.85. The van der Waals surface area contributed by atoms with E-state index in [-0.39, 0.29) is 29.3 Å². The van der Waals surface area contributed by atoms with Gasteiger partial charge in [-0.15, -0.1) is 0 Å². The molecule has 2 saturated heterocycles. The third-order valence-corrected chi connectivity index (χ3v) is 10.5. The molecule has 2 aromatic carbocycles. The fourth-order valence-electron chi connectivity index (χ4n) is 5.53. The number of carbonyl (C=O) groups excluding carboxylic acids is 1. The van der Waals surface area contributed by atoms with Crippen molar-refractivity contribution in [1.29, 1.82) is 0 Å². The predicted molar refractivity (Wildman–Crippen MR) is 146 cm³/mol. The van der Waals surface area contributed by atoms with Gasteiger partial charge in [0.2, 0.25) is 15.9 Å². The van der Waals surface area contributed by atoms with Crippen molar-refractivity contribution in [3.05, 3.63) is 74.9 Å². The average Bonchev–Trinajstić information content (AvgIpc) is 3.84. The van der Waals surface area contributed by atoms with E-state index in [0.29, 0.717) is 62.4 Å². The van der Waals surface area contributed by atoms with Gasteiger partial charge in [0.15, 0.2) is 0 Å². The van der Waals surface area contributed by atoms with Crippen LogP contribution in [0.4, 0.5) is 10.1 Å². The molecule has 208 valence electrons. The summed E-state index contributed by atoms with van der Waals surface area (Å²) in [5, 5.41) is 7.02. The summed E-state index contributed by atoms with van der Waals surface area (Å²) in [6, 6.07) is 10.3. The van der Waals surface area contributed by atoms with Crippen molar-refractivity contribution in [3.63, 3.8) is 0 Å². The van der Waals surface area contributed by atoms with Crippen LogP contribution in [-0.2, 0) is 26.0 Å². The van der Waals surface area contributed by atoms with Gasteiger partial charge in [-0.3, -0.25) is 4.79 Å². The molecular formula is C27H31ClFN5O4S. The number of sulfonamides is 1. The van der Waals surface area contributed by atoms with Gasteiger partial charge in [0, 0.05) is 52.9 Å². The SMILES string of the molecule is [N-]=[N+]=NC(C(=O)Nc1cccc(F)c1CC[C@H]1CN1S(=O)(=O)C1CC1)C(c1ccc(Cl)cc1)C1CCOCC1. The number of rotatable bonds is 11. The lowest BCUT2D eigenvalue weighted by molar-refractivity contribution is -0.118. The van der Waals surface area contributed by atoms with E-state index in [0.717, 1.165) is 5.56 Å². The zero-order chi connectivity index (χ0) is 27.6. The van der Waals surface area contributed by atoms with E-state index >= 15 is 0 Å². The largest absolute Gasteiger partial charge is 0.381 e. The molecule has 1 saturated carbocycles. The van der Waals surface area contributed by atoms with Gasteiger partial charge in [-0.1, -0.05) is 34.9 Å². The lowest BCUT2D eigenvalue weighted by Gasteiger charge is -2.34. The minimum Gasteiger partial charge on any atom is -0.381 e. The number of ether oxygens (including phenoxy) is 1. The van der Waals surface area contributed by atoms with E-state index in [1.165, 1.54) is 16.4 Å². The van der Waals surface area contributed by atoms with Crippen LogP contribution in [0.2, 0.25) is 5.02 Å². The molecule has 2 aliphatic heterocycles. The van der Waals surface area contributed by atoms with Gasteiger partial charge in [0.25, 0.3) is 0 Å². The molecule has 3 unspecified atom stereocenters. The molecule has 1 amide bonds. The third kappa shape index (κ3) is 6.39. The van der Waals surface area contributed by atoms with E-state index in [9.17, 15) is 23.1 Å². The molecule has 1 aliphatic carbocycles. The van der Waals surface area contributed by atoms with Crippen molar-refractivity contribution < 1.29 is 22.3 Å². The van der Waals surface area contributed by atoms with Gasteiger partial charge in [-0.25, -0.2) is 12.8 Å². The molecule has 3 fully saturated rings. The molecule has 0 spiro atoms. The maximum Gasteiger partial charge on any atom is 0.234 e. The van der Waals surface area contributed by atoms with Crippen LogP contribution >= 0.6 is 11.6 Å². The van der Waals surface area contributed by atoms with E-state index in [4.69, 9.17) is 16.3 Å². The molecule has 2 aromatic rings. The minimum atomic E-state index is -3.25. The monoisotopic (exact) mass is 575 g/mol. The van der Waals surface area contributed by atoms with Crippen molar-refractivity contribution in [1.82, 2.24) is 4.31 Å². The van der Waals surface area contributed by atoms with Gasteiger partial charge in [-0.05, 0) is 79.8 Å². The predicted octanol–water partition coefficient (Wildman–Crippen LogP) is 5.42. The molecule has 39 heavy (non-hydrogen) atoms. The van der Waals surface area contributed by atoms with Crippen molar-refractivity contribution in [2.75, 3.05) is 25.1 Å². The summed E-state index contributed by atoms with van der Waals surface area (Å²) in [6.45, 7) is 1.53. The number of amides is 1. The second-order valence-corrected chi connectivity index (χ2v) is 13.0. The Bertz CT molecular complexity index is 1360. The Morgan fingerprint density at radius 2 is 1.90 bits per heavy atom. The molecule has 9 nitrogen and oxygen atoms in total. The van der Waals surface area contributed by atoms with Crippen molar-refractivity contribution in [3.8, 4) is 0 Å². The number of hydrogen-bond donors (Lipinski definition) is 1. The van der Waals surface area contributed by atoms with Crippen LogP contribution in [-0.4, -0.2) is 55.7 Å². The van der Waals surface area contributed by atoms with Gasteiger partial charge in [-0.2, -0.15) is 4.31 Å². The number of carbonyl (C=O) groups is 1. The van der Waals surface area contributed by atoms with E-state index in [2.05, 4.69) is 15.3 Å². The first kappa shape index (κ1) is 27.9. The van der Waals surface area contributed by atoms with Gasteiger partial charge in [0.1, 0.15) is 11.9 Å². The smallest absolute Gasteiger partial charge is 0.234 e. The number of halogens is 2. The maximum absolute atomic E-state index is 15.0. The summed E-state index contributed by atoms with van der Waals surface area (Å²) in [6.07, 6.45) is 3.51. The van der Waals surface area contributed by atoms with Crippen molar-refractivity contribution >= 4 is 33.2 Å². The fraction of sp³-hybridized carbons (Fsp3) is 0.519. The lowest BCUT2D eigenvalue weighted by atomic mass is 9.76. The van der Waals surface area contributed by atoms with Crippen LogP contribution in [0.15, 0.2) is 47.6 Å². The Hall–Kier alpha value is -2.69. The van der Waals surface area contributed by atoms with Crippen molar-refractivity contribution in [2.45, 2.75) is 61.8 Å². The van der Waals surface area contributed by atoms with Crippen LogP contribution in [0, 0.1) is 11.7 Å². The highest BCUT2D eigenvalue weighted by Crippen LogP contribution is 2.39. The summed E-state index contributed by atoms with van der Waals surface area (Å²) in [5.74, 6) is -1.41. The molecule has 0 bridgehead atoms. The molecule has 0 aromatic heterocycles. The number of nitrogens with zero attached hydrogens (tertiary/aromatic N) is 4. The van der Waals surface area contributed by atoms with E-state index < -0.39 is 33.7 Å². The molecule has 2 heterocycles. The molecule has 1 N–H and O–H groups in total. The highest BCUT2D eigenvalue weighted by atomic mass is 35.5. The Kier molecular flexibility index (Phi) is 8.44. The van der Waals surface area contributed by atoms with Gasteiger partial charge < -0.3 is 10.1 Å². The fourth-order valence-corrected chi connectivity index (χ4v) is 7.67.